The standard InChI is InChI=1S/C14H25N7O2/c15-12-5-4-11(13(16)10-12)6-9-18-7-2-1-3-8-19-14(17)20-21(22)23/h4-5,10,18H,1-3,6-9,15-16H2,(H3,17,19,20). The molecule has 0 aliphatic rings. The van der Waals surface area contributed by atoms with Gasteiger partial charge in [0, 0.05) is 17.9 Å². The topological polar surface area (TPSA) is 155 Å². The second-order valence-corrected chi connectivity index (χ2v) is 5.19. The fourth-order valence-electron chi connectivity index (χ4n) is 2.09. The van der Waals surface area contributed by atoms with Crippen molar-refractivity contribution in [1.82, 2.24) is 16.1 Å². The maximum atomic E-state index is 10.1. The van der Waals surface area contributed by atoms with E-state index in [2.05, 4.69) is 10.6 Å². The van der Waals surface area contributed by atoms with Gasteiger partial charge in [-0.3, -0.25) is 5.41 Å². The molecule has 0 amide bonds. The summed E-state index contributed by atoms with van der Waals surface area (Å²) in [6.45, 7) is 2.30. The van der Waals surface area contributed by atoms with Crippen molar-refractivity contribution < 1.29 is 5.03 Å². The molecule has 1 aromatic carbocycles. The minimum absolute atomic E-state index is 0.283. The zero-order valence-corrected chi connectivity index (χ0v) is 13.1. The number of nitro groups is 1. The van der Waals surface area contributed by atoms with Gasteiger partial charge in [0.15, 0.2) is 5.03 Å². The molecule has 9 heteroatoms. The molecule has 8 N–H and O–H groups in total. The minimum Gasteiger partial charge on any atom is -0.399 e. The molecule has 0 heterocycles. The summed E-state index contributed by atoms with van der Waals surface area (Å²) >= 11 is 0. The lowest BCUT2D eigenvalue weighted by atomic mass is 10.1. The van der Waals surface area contributed by atoms with E-state index in [-0.39, 0.29) is 5.96 Å². The number of hydrogen-bond donors (Lipinski definition) is 6. The van der Waals surface area contributed by atoms with Gasteiger partial charge in [0.25, 0.3) is 5.96 Å². The van der Waals surface area contributed by atoms with Crippen molar-refractivity contribution in [3.63, 3.8) is 0 Å². The minimum atomic E-state index is -0.757. The Bertz CT molecular complexity index is 522. The van der Waals surface area contributed by atoms with Crippen molar-refractivity contribution in [2.24, 2.45) is 0 Å². The highest BCUT2D eigenvalue weighted by molar-refractivity contribution is 5.74. The normalized spacial score (nSPS) is 10.3. The Morgan fingerprint density at radius 2 is 1.91 bits per heavy atom. The number of guanidine groups is 1. The van der Waals surface area contributed by atoms with E-state index in [1.807, 2.05) is 12.1 Å². The number of hydrogen-bond acceptors (Lipinski definition) is 6. The van der Waals surface area contributed by atoms with Gasteiger partial charge in [0.05, 0.1) is 0 Å². The summed E-state index contributed by atoms with van der Waals surface area (Å²) in [7, 11) is 0. The van der Waals surface area contributed by atoms with Crippen molar-refractivity contribution >= 4 is 17.3 Å². The first-order chi connectivity index (χ1) is 11.0. The second-order valence-electron chi connectivity index (χ2n) is 5.19. The summed E-state index contributed by atoms with van der Waals surface area (Å²) in [5, 5.41) is 22.5. The Labute approximate surface area is 135 Å². The van der Waals surface area contributed by atoms with Crippen LogP contribution in [0.1, 0.15) is 24.8 Å². The van der Waals surface area contributed by atoms with Crippen molar-refractivity contribution in [2.45, 2.75) is 25.7 Å². The van der Waals surface area contributed by atoms with E-state index in [0.717, 1.165) is 50.0 Å². The number of nitrogens with zero attached hydrogens (tertiary/aromatic N) is 1. The van der Waals surface area contributed by atoms with E-state index < -0.39 is 5.03 Å². The van der Waals surface area contributed by atoms with Crippen LogP contribution in [0.4, 0.5) is 11.4 Å². The lowest BCUT2D eigenvalue weighted by Crippen LogP contribution is -2.40. The predicted octanol–water partition coefficient (Wildman–Crippen LogP) is 0.459. The molecule has 9 nitrogen and oxygen atoms in total. The van der Waals surface area contributed by atoms with Gasteiger partial charge in [0.2, 0.25) is 0 Å². The summed E-state index contributed by atoms with van der Waals surface area (Å²) < 4.78 is 0. The van der Waals surface area contributed by atoms with Crippen molar-refractivity contribution in [3.8, 4) is 0 Å². The highest BCUT2D eigenvalue weighted by Gasteiger charge is 2.01. The first-order valence-corrected chi connectivity index (χ1v) is 7.57. The molecule has 0 fully saturated rings. The van der Waals surface area contributed by atoms with Crippen molar-refractivity contribution in [1.29, 1.82) is 5.41 Å². The molecule has 0 aliphatic heterocycles. The number of benzene rings is 1. The lowest BCUT2D eigenvalue weighted by Gasteiger charge is -2.08. The molecule has 0 spiro atoms. The highest BCUT2D eigenvalue weighted by Crippen LogP contribution is 2.15. The predicted molar refractivity (Wildman–Crippen MR) is 91.6 cm³/mol. The average Bonchev–Trinajstić information content (AvgIpc) is 2.46. The van der Waals surface area contributed by atoms with Crippen molar-refractivity contribution in [3.05, 3.63) is 33.9 Å². The van der Waals surface area contributed by atoms with Gasteiger partial charge in [-0.1, -0.05) is 17.9 Å². The summed E-state index contributed by atoms with van der Waals surface area (Å²) in [6.07, 6.45) is 3.70. The van der Waals surface area contributed by atoms with Crippen LogP contribution in [-0.4, -0.2) is 30.6 Å². The molecule has 0 radical (unpaired) electrons. The number of anilines is 2. The van der Waals surface area contributed by atoms with Crippen LogP contribution < -0.4 is 27.5 Å². The molecule has 1 rings (SSSR count). The lowest BCUT2D eigenvalue weighted by molar-refractivity contribution is -0.525. The molecule has 0 unspecified atom stereocenters. The summed E-state index contributed by atoms with van der Waals surface area (Å²) in [4.78, 5) is 10.1. The molecular formula is C14H25N7O2. The van der Waals surface area contributed by atoms with Crippen LogP contribution in [0, 0.1) is 15.5 Å². The zero-order chi connectivity index (χ0) is 17.1. The van der Waals surface area contributed by atoms with Crippen LogP contribution in [0.2, 0.25) is 0 Å². The number of nitrogens with two attached hydrogens (primary N) is 2. The second kappa shape index (κ2) is 10.2. The first-order valence-electron chi connectivity index (χ1n) is 7.57. The SMILES string of the molecule is N=C(NCCCCCNCCc1ccc(N)cc1N)N[N+](=O)[O-]. The Morgan fingerprint density at radius 1 is 1.17 bits per heavy atom. The number of nitrogen functional groups attached to an aromatic ring is 2. The highest BCUT2D eigenvalue weighted by atomic mass is 16.7. The third-order valence-corrected chi connectivity index (χ3v) is 3.28. The molecule has 128 valence electrons. The summed E-state index contributed by atoms with van der Waals surface area (Å²) in [6, 6.07) is 5.57. The van der Waals surface area contributed by atoms with Crippen LogP contribution in [0.25, 0.3) is 0 Å². The molecule has 0 aromatic heterocycles. The van der Waals surface area contributed by atoms with Gasteiger partial charge in [-0.15, -0.1) is 0 Å². The largest absolute Gasteiger partial charge is 0.399 e. The van der Waals surface area contributed by atoms with Gasteiger partial charge in [-0.05, 0) is 50.0 Å². The fourth-order valence-corrected chi connectivity index (χ4v) is 2.09. The molecule has 0 bridgehead atoms. The van der Waals surface area contributed by atoms with Crippen LogP contribution in [-0.2, 0) is 6.42 Å². The van der Waals surface area contributed by atoms with E-state index in [9.17, 15) is 10.1 Å². The Hall–Kier alpha value is -2.55. The quantitative estimate of drug-likeness (QED) is 0.0912. The monoisotopic (exact) mass is 323 g/mol. The fraction of sp³-hybridized carbons (Fsp3) is 0.500. The average molecular weight is 323 g/mol. The van der Waals surface area contributed by atoms with Crippen molar-refractivity contribution in [2.75, 3.05) is 31.1 Å². The van der Waals surface area contributed by atoms with Gasteiger partial charge >= 0.3 is 0 Å². The first kappa shape index (κ1) is 18.5. The van der Waals surface area contributed by atoms with Gasteiger partial charge < -0.3 is 22.1 Å². The van der Waals surface area contributed by atoms with Gasteiger partial charge in [0.1, 0.15) is 0 Å². The Kier molecular flexibility index (Phi) is 8.22. The third kappa shape index (κ3) is 8.47. The molecule has 0 aliphatic carbocycles. The summed E-state index contributed by atoms with van der Waals surface area (Å²) in [5.74, 6) is -0.283. The van der Waals surface area contributed by atoms with Gasteiger partial charge in [-0.2, -0.15) is 0 Å². The van der Waals surface area contributed by atoms with E-state index in [4.69, 9.17) is 16.9 Å². The van der Waals surface area contributed by atoms with E-state index >= 15 is 0 Å². The number of rotatable bonds is 10. The molecule has 0 saturated carbocycles. The van der Waals surface area contributed by atoms with E-state index in [1.54, 1.807) is 11.5 Å². The van der Waals surface area contributed by atoms with Gasteiger partial charge in [-0.25, -0.2) is 10.1 Å². The maximum Gasteiger partial charge on any atom is 0.251 e. The van der Waals surface area contributed by atoms with Crippen LogP contribution in [0.3, 0.4) is 0 Å². The Morgan fingerprint density at radius 3 is 2.61 bits per heavy atom. The van der Waals surface area contributed by atoms with Crippen LogP contribution in [0.5, 0.6) is 0 Å². The maximum absolute atomic E-state index is 10.1. The molecule has 0 atom stereocenters. The smallest absolute Gasteiger partial charge is 0.251 e. The number of hydrazine groups is 1. The molecule has 0 saturated heterocycles. The summed E-state index contributed by atoms with van der Waals surface area (Å²) in [5.41, 5.74) is 15.8. The Balaban J connectivity index is 1.97. The van der Waals surface area contributed by atoms with E-state index in [1.165, 1.54) is 0 Å². The third-order valence-electron chi connectivity index (χ3n) is 3.28. The van der Waals surface area contributed by atoms with Crippen LogP contribution in [0.15, 0.2) is 18.2 Å². The van der Waals surface area contributed by atoms with E-state index in [0.29, 0.717) is 12.2 Å². The number of nitrogens with one attached hydrogen (secondary N) is 4. The number of unbranched alkanes of at least 4 members (excludes halogenated alkanes) is 2. The molecule has 23 heavy (non-hydrogen) atoms. The molecule has 1 aromatic rings. The zero-order valence-electron chi connectivity index (χ0n) is 13.1. The molecular weight excluding hydrogens is 298 g/mol. The van der Waals surface area contributed by atoms with Crippen LogP contribution >= 0.6 is 0 Å².